The summed E-state index contributed by atoms with van der Waals surface area (Å²) >= 11 is 0. The summed E-state index contributed by atoms with van der Waals surface area (Å²) in [7, 11) is -2.97. The number of hydrogen-bond donors (Lipinski definition) is 1. The second-order valence-corrected chi connectivity index (χ2v) is 8.77. The van der Waals surface area contributed by atoms with Crippen molar-refractivity contribution in [3.63, 3.8) is 0 Å². The molecule has 1 aliphatic heterocycles. The Bertz CT molecular complexity index is 676. The van der Waals surface area contributed by atoms with Crippen molar-refractivity contribution >= 4 is 21.6 Å². The highest BCUT2D eigenvalue weighted by Crippen LogP contribution is 2.22. The van der Waals surface area contributed by atoms with Crippen LogP contribution in [0, 0.1) is 5.92 Å². The van der Waals surface area contributed by atoms with E-state index in [0.717, 1.165) is 6.42 Å². The van der Waals surface area contributed by atoms with Gasteiger partial charge in [-0.05, 0) is 25.7 Å². The molecule has 2 heterocycles. The molecule has 1 N–H and O–H groups in total. The average molecular weight is 354 g/mol. The summed E-state index contributed by atoms with van der Waals surface area (Å²) in [5, 5.41) is 2.85. The Morgan fingerprint density at radius 3 is 2.75 bits per heavy atom. The first-order chi connectivity index (χ1) is 11.3. The molecule has 1 amide bonds. The van der Waals surface area contributed by atoms with Gasteiger partial charge in [0.1, 0.15) is 17.8 Å². The van der Waals surface area contributed by atoms with Gasteiger partial charge in [0.05, 0.1) is 11.5 Å². The Labute approximate surface area is 143 Å². The fourth-order valence-corrected chi connectivity index (χ4v) is 4.55. The van der Waals surface area contributed by atoms with Crippen molar-refractivity contribution in [2.45, 2.75) is 39.7 Å². The summed E-state index contributed by atoms with van der Waals surface area (Å²) < 4.78 is 23.4. The fraction of sp³-hybridized carbons (Fsp3) is 0.688. The number of sulfone groups is 1. The summed E-state index contributed by atoms with van der Waals surface area (Å²) in [6.07, 6.45) is 2.86. The molecule has 134 valence electrons. The molecule has 1 fully saturated rings. The molecule has 1 atom stereocenters. The maximum Gasteiger partial charge on any atom is 0.270 e. The average Bonchev–Trinajstić information content (AvgIpc) is 2.88. The van der Waals surface area contributed by atoms with Crippen molar-refractivity contribution in [1.82, 2.24) is 15.3 Å². The number of carbonyl (C=O) groups is 1. The molecule has 2 rings (SSSR count). The van der Waals surface area contributed by atoms with Crippen LogP contribution < -0.4 is 10.2 Å². The molecule has 0 bridgehead atoms. The largest absolute Gasteiger partial charge is 0.353 e. The number of carbonyl (C=O) groups excluding carboxylic acids is 1. The van der Waals surface area contributed by atoms with Crippen LogP contribution in [0.2, 0.25) is 0 Å². The van der Waals surface area contributed by atoms with Crippen LogP contribution in [0.4, 0.5) is 5.82 Å². The number of rotatable bonds is 7. The van der Waals surface area contributed by atoms with E-state index in [4.69, 9.17) is 0 Å². The van der Waals surface area contributed by atoms with Gasteiger partial charge in [-0.3, -0.25) is 4.79 Å². The van der Waals surface area contributed by atoms with Crippen molar-refractivity contribution in [3.05, 3.63) is 18.1 Å². The standard InChI is InChI=1S/C16H26N4O3S/c1-4-20(13-6-8-24(22,23)10-13)15-9-14(18-11-19-15)16(21)17-7-5-12(2)3/h9,11-13H,4-8,10H2,1-3H3,(H,17,21). The lowest BCUT2D eigenvalue weighted by Gasteiger charge is -2.27. The maximum atomic E-state index is 12.2. The van der Waals surface area contributed by atoms with E-state index < -0.39 is 9.84 Å². The minimum absolute atomic E-state index is 0.0910. The van der Waals surface area contributed by atoms with E-state index in [9.17, 15) is 13.2 Å². The normalized spacial score (nSPS) is 19.4. The molecule has 7 nitrogen and oxygen atoms in total. The zero-order valence-electron chi connectivity index (χ0n) is 14.5. The molecule has 1 aromatic heterocycles. The number of aromatic nitrogens is 2. The number of nitrogens with one attached hydrogen (secondary N) is 1. The van der Waals surface area contributed by atoms with Gasteiger partial charge >= 0.3 is 0 Å². The molecule has 0 aliphatic carbocycles. The smallest absolute Gasteiger partial charge is 0.270 e. The van der Waals surface area contributed by atoms with E-state index in [2.05, 4.69) is 29.1 Å². The first-order valence-corrected chi connectivity index (χ1v) is 10.2. The van der Waals surface area contributed by atoms with Gasteiger partial charge in [-0.2, -0.15) is 0 Å². The molecule has 1 unspecified atom stereocenters. The summed E-state index contributed by atoms with van der Waals surface area (Å²) in [6.45, 7) is 7.39. The van der Waals surface area contributed by atoms with E-state index in [1.54, 1.807) is 6.07 Å². The van der Waals surface area contributed by atoms with Crippen molar-refractivity contribution in [2.75, 3.05) is 29.5 Å². The summed E-state index contributed by atoms with van der Waals surface area (Å²) in [5.41, 5.74) is 0.308. The van der Waals surface area contributed by atoms with Crippen LogP contribution in [0.1, 0.15) is 44.1 Å². The SMILES string of the molecule is CCN(c1cc(C(=O)NCCC(C)C)ncn1)C1CCS(=O)(=O)C1. The summed E-state index contributed by atoms with van der Waals surface area (Å²) in [4.78, 5) is 22.4. The molecular weight excluding hydrogens is 328 g/mol. The predicted molar refractivity (Wildman–Crippen MR) is 93.9 cm³/mol. The lowest BCUT2D eigenvalue weighted by Crippen LogP contribution is -2.37. The van der Waals surface area contributed by atoms with Gasteiger partial charge in [-0.25, -0.2) is 18.4 Å². The molecule has 0 radical (unpaired) electrons. The first-order valence-electron chi connectivity index (χ1n) is 8.39. The minimum atomic E-state index is -2.97. The monoisotopic (exact) mass is 354 g/mol. The van der Waals surface area contributed by atoms with Crippen LogP contribution in [0.3, 0.4) is 0 Å². The Kier molecular flexibility index (Phi) is 6.15. The number of nitrogens with zero attached hydrogens (tertiary/aromatic N) is 3. The maximum absolute atomic E-state index is 12.2. The molecule has 1 aliphatic rings. The lowest BCUT2D eigenvalue weighted by molar-refractivity contribution is 0.0947. The number of anilines is 1. The van der Waals surface area contributed by atoms with Gasteiger partial charge in [0.25, 0.3) is 5.91 Å². The molecule has 24 heavy (non-hydrogen) atoms. The van der Waals surface area contributed by atoms with E-state index in [-0.39, 0.29) is 23.5 Å². The van der Waals surface area contributed by atoms with Crippen LogP contribution in [-0.4, -0.2) is 54.9 Å². The van der Waals surface area contributed by atoms with E-state index >= 15 is 0 Å². The third-order valence-electron chi connectivity index (χ3n) is 4.18. The molecular formula is C16H26N4O3S. The van der Waals surface area contributed by atoms with Crippen LogP contribution in [0.25, 0.3) is 0 Å². The topological polar surface area (TPSA) is 92.3 Å². The third kappa shape index (κ3) is 4.90. The molecule has 0 saturated carbocycles. The molecule has 8 heteroatoms. The molecule has 0 aromatic carbocycles. The van der Waals surface area contributed by atoms with Gasteiger partial charge < -0.3 is 10.2 Å². The lowest BCUT2D eigenvalue weighted by atomic mass is 10.1. The van der Waals surface area contributed by atoms with Gasteiger partial charge in [0.2, 0.25) is 0 Å². The minimum Gasteiger partial charge on any atom is -0.353 e. The highest BCUT2D eigenvalue weighted by Gasteiger charge is 2.32. The Balaban J connectivity index is 2.09. The summed E-state index contributed by atoms with van der Waals surface area (Å²) in [6, 6.07) is 1.55. The van der Waals surface area contributed by atoms with Crippen LogP contribution in [0.15, 0.2) is 12.4 Å². The second-order valence-electron chi connectivity index (χ2n) is 6.54. The van der Waals surface area contributed by atoms with Gasteiger partial charge in [0, 0.05) is 25.2 Å². The Morgan fingerprint density at radius 1 is 1.42 bits per heavy atom. The van der Waals surface area contributed by atoms with Crippen molar-refractivity contribution in [3.8, 4) is 0 Å². The van der Waals surface area contributed by atoms with Gasteiger partial charge in [0.15, 0.2) is 9.84 Å². The van der Waals surface area contributed by atoms with Crippen molar-refractivity contribution < 1.29 is 13.2 Å². The van der Waals surface area contributed by atoms with Crippen LogP contribution in [-0.2, 0) is 9.84 Å². The highest BCUT2D eigenvalue weighted by atomic mass is 32.2. The Morgan fingerprint density at radius 2 is 2.17 bits per heavy atom. The highest BCUT2D eigenvalue weighted by molar-refractivity contribution is 7.91. The zero-order chi connectivity index (χ0) is 17.7. The summed E-state index contributed by atoms with van der Waals surface area (Å²) in [5.74, 6) is 1.24. The van der Waals surface area contributed by atoms with E-state index in [1.807, 2.05) is 11.8 Å². The van der Waals surface area contributed by atoms with Crippen LogP contribution in [0.5, 0.6) is 0 Å². The molecule has 1 saturated heterocycles. The zero-order valence-corrected chi connectivity index (χ0v) is 15.3. The third-order valence-corrected chi connectivity index (χ3v) is 5.93. The van der Waals surface area contributed by atoms with Crippen LogP contribution >= 0.6 is 0 Å². The van der Waals surface area contributed by atoms with E-state index in [1.165, 1.54) is 6.33 Å². The predicted octanol–water partition coefficient (Wildman–Crippen LogP) is 1.27. The van der Waals surface area contributed by atoms with E-state index in [0.29, 0.717) is 36.9 Å². The van der Waals surface area contributed by atoms with Crippen molar-refractivity contribution in [1.29, 1.82) is 0 Å². The second kappa shape index (κ2) is 7.92. The first kappa shape index (κ1) is 18.6. The van der Waals surface area contributed by atoms with Crippen molar-refractivity contribution in [2.24, 2.45) is 5.92 Å². The van der Waals surface area contributed by atoms with Gasteiger partial charge in [-0.1, -0.05) is 13.8 Å². The fourth-order valence-electron chi connectivity index (χ4n) is 2.82. The Hall–Kier alpha value is -1.70. The number of hydrogen-bond acceptors (Lipinski definition) is 6. The molecule has 0 spiro atoms. The quantitative estimate of drug-likeness (QED) is 0.793. The van der Waals surface area contributed by atoms with Gasteiger partial charge in [-0.15, -0.1) is 0 Å². The number of amides is 1. The molecule has 1 aromatic rings.